The first-order valence-electron chi connectivity index (χ1n) is 25.0. The van der Waals surface area contributed by atoms with Gasteiger partial charge in [0.05, 0.1) is 44.5 Å². The van der Waals surface area contributed by atoms with Gasteiger partial charge in [-0.3, -0.25) is 15.0 Å². The van der Waals surface area contributed by atoms with Crippen LogP contribution < -0.4 is 21.9 Å². The van der Waals surface area contributed by atoms with E-state index in [9.17, 15) is 105 Å². The van der Waals surface area contributed by atoms with Crippen molar-refractivity contribution in [3.63, 3.8) is 0 Å². The first kappa shape index (κ1) is 68.3. The molecule has 0 unspecified atom stereocenters. The largest absolute Gasteiger partial charge is 0.416 e. The summed E-state index contributed by atoms with van der Waals surface area (Å²) >= 11 is 0. The molecule has 1 aliphatic carbocycles. The number of aromatic nitrogens is 3. The maximum Gasteiger partial charge on any atom is 0.416 e. The van der Waals surface area contributed by atoms with Gasteiger partial charge in [-0.15, -0.1) is 0 Å². The third kappa shape index (κ3) is 17.0. The summed E-state index contributed by atoms with van der Waals surface area (Å²) in [6.45, 7) is 0. The molecule has 4 aromatic carbocycles. The zero-order valence-corrected chi connectivity index (χ0v) is 45.5. The van der Waals surface area contributed by atoms with Gasteiger partial charge >= 0.3 is 49.4 Å². The number of allylic oxidation sites excluding steroid dienone is 2. The maximum absolute atomic E-state index is 14.2. The summed E-state index contributed by atoms with van der Waals surface area (Å²) < 4.78 is 341. The standard InChI is InChI=1S/C32H12BF24.C19H17N3.C6H10.Pt/c34-25(35,36)13-1-14(26(37,38)39)6-21(5-13)33(22-7-15(27(40,41)42)2-16(8-22)28(43,44)45,23-9-17(29(46,47)48)3-18(10-23)30(49,50)51)24-11-19(31(52,53)54)4-20(12-24)32(55,56)57;1-4-14-10-11-15-5-2-7-17(21-15)13-19-9-3-8-18(22-19)12-16(6-1)20-14;1-2-4-6-5-3-1;/h1-12H;1-9H,10-13H2;1-2H,3-6H2;/q-1;;;. The molecule has 3 nitrogen and oxygen atoms in total. The molecule has 464 valence electrons. The van der Waals surface area contributed by atoms with Crippen LogP contribution in [-0.4, -0.2) is 21.1 Å². The fourth-order valence-electron chi connectivity index (χ4n) is 9.72. The first-order valence-corrected chi connectivity index (χ1v) is 25.0. The Morgan fingerprint density at radius 2 is 0.453 bits per heavy atom. The van der Waals surface area contributed by atoms with E-state index in [0.29, 0.717) is 0 Å². The summed E-state index contributed by atoms with van der Waals surface area (Å²) in [6, 6.07) is 9.93. The molecule has 0 amide bonds. The predicted molar refractivity (Wildman–Crippen MR) is 263 cm³/mol. The smallest absolute Gasteiger partial charge is 0.257 e. The Hall–Kier alpha value is -6.86. The van der Waals surface area contributed by atoms with Crippen LogP contribution >= 0.6 is 0 Å². The van der Waals surface area contributed by atoms with Gasteiger partial charge < -0.3 is 0 Å². The topological polar surface area (TPSA) is 38.7 Å². The zero-order chi connectivity index (χ0) is 62.9. The Morgan fingerprint density at radius 3 is 0.628 bits per heavy atom. The van der Waals surface area contributed by atoms with E-state index in [0.717, 1.165) is 59.8 Å². The molecule has 0 fully saturated rings. The van der Waals surface area contributed by atoms with Crippen molar-refractivity contribution in [3.05, 3.63) is 218 Å². The van der Waals surface area contributed by atoms with Crippen LogP contribution in [0.1, 0.15) is 104 Å². The molecule has 0 atom stereocenters. The molecule has 86 heavy (non-hydrogen) atoms. The second kappa shape index (κ2) is 25.5. The minimum absolute atomic E-state index is 0. The van der Waals surface area contributed by atoms with E-state index < -0.39 is 195 Å². The normalized spacial score (nSPS) is 14.5. The number of aryl methyl sites for hydroxylation is 2. The van der Waals surface area contributed by atoms with Gasteiger partial charge in [0.15, 0.2) is 0 Å². The monoisotopic (exact) mass is 1430 g/mol. The molecule has 0 spiro atoms. The molecule has 6 bridgehead atoms. The Balaban J connectivity index is 0.000000329. The van der Waals surface area contributed by atoms with Crippen LogP contribution in [0.3, 0.4) is 0 Å². The van der Waals surface area contributed by atoms with Crippen molar-refractivity contribution >= 4 is 28.0 Å². The van der Waals surface area contributed by atoms with Crippen LogP contribution in [0.2, 0.25) is 0 Å². The van der Waals surface area contributed by atoms with E-state index in [1.54, 1.807) is 0 Å². The van der Waals surface area contributed by atoms with Crippen molar-refractivity contribution in [1.82, 2.24) is 15.0 Å². The van der Waals surface area contributed by atoms with Crippen molar-refractivity contribution in [1.29, 1.82) is 0 Å². The number of hydrogen-bond acceptors (Lipinski definition) is 3. The van der Waals surface area contributed by atoms with Crippen LogP contribution in [0.4, 0.5) is 105 Å². The van der Waals surface area contributed by atoms with Crippen LogP contribution in [-0.2, 0) is 96.2 Å². The van der Waals surface area contributed by atoms with E-state index >= 15 is 0 Å². The van der Waals surface area contributed by atoms with Gasteiger partial charge in [0.25, 0.3) is 0 Å². The van der Waals surface area contributed by atoms with Crippen LogP contribution in [0.15, 0.2) is 140 Å². The zero-order valence-electron chi connectivity index (χ0n) is 43.2. The average molecular weight is 1430 g/mol. The number of hydrogen-bond donors (Lipinski definition) is 0. The van der Waals surface area contributed by atoms with Gasteiger partial charge in [-0.25, -0.2) is 0 Å². The van der Waals surface area contributed by atoms with E-state index in [2.05, 4.69) is 66.7 Å². The van der Waals surface area contributed by atoms with Crippen LogP contribution in [0.25, 0.3) is 0 Å². The molecular formula is C57H39BF24N3Pt-. The minimum Gasteiger partial charge on any atom is -0.257 e. The molecule has 3 aromatic heterocycles. The summed E-state index contributed by atoms with van der Waals surface area (Å²) in [6.07, 6.45) is -41.4. The minimum atomic E-state index is -6.13. The van der Waals surface area contributed by atoms with E-state index in [-0.39, 0.29) is 21.1 Å². The predicted octanol–water partition coefficient (Wildman–Crippen LogP) is 16.5. The fourth-order valence-corrected chi connectivity index (χ4v) is 9.72. The molecule has 2 aliphatic rings. The summed E-state index contributed by atoms with van der Waals surface area (Å²) in [7, 11) is 0. The summed E-state index contributed by atoms with van der Waals surface area (Å²) in [4.78, 5) is 14.3. The molecule has 0 radical (unpaired) electrons. The van der Waals surface area contributed by atoms with Gasteiger partial charge in [-0.05, 0) is 99.2 Å². The number of pyridine rings is 3. The van der Waals surface area contributed by atoms with Crippen molar-refractivity contribution < 1.29 is 126 Å². The summed E-state index contributed by atoms with van der Waals surface area (Å²) in [5, 5.41) is 0. The van der Waals surface area contributed by atoms with Crippen molar-refractivity contribution in [3.8, 4) is 0 Å². The summed E-state index contributed by atoms with van der Waals surface area (Å²) in [5.74, 6) is 0. The fraction of sp³-hybridized carbons (Fsp3) is 0.281. The van der Waals surface area contributed by atoms with Gasteiger partial charge in [-0.2, -0.15) is 127 Å². The quantitative estimate of drug-likeness (QED) is 0.100. The molecule has 0 saturated carbocycles. The molecular weight excluding hydrogens is 1390 g/mol. The summed E-state index contributed by atoms with van der Waals surface area (Å²) in [5.41, 5.74) is -23.7. The average Bonchev–Trinajstić information content (AvgIpc) is 0.722. The van der Waals surface area contributed by atoms with Crippen molar-refractivity contribution in [2.45, 2.75) is 101 Å². The van der Waals surface area contributed by atoms with E-state index in [1.807, 2.05) is 0 Å². The molecule has 4 heterocycles. The van der Waals surface area contributed by atoms with E-state index in [4.69, 9.17) is 15.0 Å². The van der Waals surface area contributed by atoms with Crippen molar-refractivity contribution in [2.24, 2.45) is 0 Å². The molecule has 29 heteroatoms. The Labute approximate surface area is 486 Å². The number of fused-ring (bicyclic) bond motifs is 6. The molecule has 7 aromatic rings. The SMILES string of the molecule is C1=CCCCC1.FC(F)(F)c1cc([B-](c2cc(C(F)(F)F)cc(C(F)(F)F)c2)(c2cc(C(F)(F)F)cc(C(F)(F)F)c2)c2cc(C(F)(F)F)cc(C(F)(F)F)c2)cc(C(F)(F)F)c1.[Pt].c1cc2nc(c1)Cc1cccc(n1)Cc1cccc(n1)CC2. The third-order valence-electron chi connectivity index (χ3n) is 13.6. The Kier molecular flexibility index (Phi) is 20.2. The Bertz CT molecular complexity index is 3030. The number of nitrogens with zero attached hydrogens (tertiary/aromatic N) is 3. The van der Waals surface area contributed by atoms with Crippen LogP contribution in [0, 0.1) is 0 Å². The second-order valence-corrected chi connectivity index (χ2v) is 19.7. The van der Waals surface area contributed by atoms with Crippen LogP contribution in [0.5, 0.6) is 0 Å². The van der Waals surface area contributed by atoms with Gasteiger partial charge in [0.2, 0.25) is 0 Å². The van der Waals surface area contributed by atoms with Gasteiger partial charge in [-0.1, -0.05) is 78.9 Å². The molecule has 0 saturated heterocycles. The van der Waals surface area contributed by atoms with Gasteiger partial charge in [0.1, 0.15) is 6.15 Å². The Morgan fingerprint density at radius 1 is 0.267 bits per heavy atom. The van der Waals surface area contributed by atoms with Crippen molar-refractivity contribution in [2.75, 3.05) is 0 Å². The number of halogens is 24. The molecule has 9 rings (SSSR count). The molecule has 0 N–H and O–H groups in total. The number of rotatable bonds is 4. The number of benzene rings is 4. The number of alkyl halides is 24. The third-order valence-corrected chi connectivity index (χ3v) is 13.6. The van der Waals surface area contributed by atoms with E-state index in [1.165, 1.54) is 25.7 Å². The van der Waals surface area contributed by atoms with Gasteiger partial charge in [0, 0.05) is 68.1 Å². The maximum atomic E-state index is 14.2. The second-order valence-electron chi connectivity index (χ2n) is 19.7. The molecule has 1 aliphatic heterocycles. The first-order chi connectivity index (χ1) is 39.1.